The summed E-state index contributed by atoms with van der Waals surface area (Å²) in [4.78, 5) is 13.9. The van der Waals surface area contributed by atoms with E-state index in [4.69, 9.17) is 4.74 Å². The molecule has 0 radical (unpaired) electrons. The number of ether oxygens (including phenoxy) is 1. The topological polar surface area (TPSA) is 29.5 Å². The molecule has 1 heterocycles. The van der Waals surface area contributed by atoms with Crippen LogP contribution in [-0.2, 0) is 4.79 Å². The van der Waals surface area contributed by atoms with Crippen molar-refractivity contribution >= 4 is 21.8 Å². The first-order valence-corrected chi connectivity index (χ1v) is 7.09. The summed E-state index contributed by atoms with van der Waals surface area (Å²) in [5, 5.41) is 0. The maximum absolute atomic E-state index is 12.0. The van der Waals surface area contributed by atoms with Crippen molar-refractivity contribution in [2.75, 3.05) is 13.7 Å². The number of halogens is 1. The Morgan fingerprint density at radius 1 is 1.56 bits per heavy atom. The average Bonchev–Trinajstić information content (AvgIpc) is 2.86. The SMILES string of the molecule is CCC(=O)N1CCC[C@H]1c1cc(Br)ccc1OC. The molecule has 1 fully saturated rings. The van der Waals surface area contributed by atoms with E-state index < -0.39 is 0 Å². The van der Waals surface area contributed by atoms with Crippen LogP contribution in [0.2, 0.25) is 0 Å². The molecule has 0 bridgehead atoms. The monoisotopic (exact) mass is 311 g/mol. The molecule has 4 heteroatoms. The van der Waals surface area contributed by atoms with Gasteiger partial charge in [-0.2, -0.15) is 0 Å². The molecule has 1 aromatic carbocycles. The van der Waals surface area contributed by atoms with Crippen LogP contribution in [0.15, 0.2) is 22.7 Å². The zero-order valence-electron chi connectivity index (χ0n) is 10.8. The number of hydrogen-bond acceptors (Lipinski definition) is 2. The number of benzene rings is 1. The highest BCUT2D eigenvalue weighted by atomic mass is 79.9. The van der Waals surface area contributed by atoms with Gasteiger partial charge in [0.15, 0.2) is 0 Å². The van der Waals surface area contributed by atoms with E-state index >= 15 is 0 Å². The van der Waals surface area contributed by atoms with Crippen molar-refractivity contribution < 1.29 is 9.53 Å². The van der Waals surface area contributed by atoms with Gasteiger partial charge < -0.3 is 9.64 Å². The molecular weight excluding hydrogens is 294 g/mol. The maximum atomic E-state index is 12.0. The quantitative estimate of drug-likeness (QED) is 0.854. The molecule has 0 unspecified atom stereocenters. The number of nitrogens with zero attached hydrogens (tertiary/aromatic N) is 1. The van der Waals surface area contributed by atoms with Gasteiger partial charge in [-0.3, -0.25) is 4.79 Å². The molecule has 0 aliphatic carbocycles. The third-order valence-corrected chi connectivity index (χ3v) is 3.92. The van der Waals surface area contributed by atoms with Crippen LogP contribution >= 0.6 is 15.9 Å². The molecular formula is C14H18BrNO2. The zero-order valence-corrected chi connectivity index (χ0v) is 12.4. The summed E-state index contributed by atoms with van der Waals surface area (Å²) in [5.74, 6) is 1.08. The van der Waals surface area contributed by atoms with Gasteiger partial charge >= 0.3 is 0 Å². The Morgan fingerprint density at radius 3 is 3.00 bits per heavy atom. The van der Waals surface area contributed by atoms with Crippen molar-refractivity contribution in [3.63, 3.8) is 0 Å². The number of likely N-dealkylation sites (tertiary alicyclic amines) is 1. The number of carbonyl (C=O) groups is 1. The summed E-state index contributed by atoms with van der Waals surface area (Å²) < 4.78 is 6.44. The largest absolute Gasteiger partial charge is 0.496 e. The minimum Gasteiger partial charge on any atom is -0.496 e. The van der Waals surface area contributed by atoms with Crippen LogP contribution in [0.4, 0.5) is 0 Å². The molecule has 1 aliphatic rings. The van der Waals surface area contributed by atoms with Gasteiger partial charge in [-0.05, 0) is 31.0 Å². The number of hydrogen-bond donors (Lipinski definition) is 0. The van der Waals surface area contributed by atoms with Crippen molar-refractivity contribution in [3.8, 4) is 5.75 Å². The normalized spacial score (nSPS) is 19.1. The molecule has 2 rings (SSSR count). The molecule has 1 atom stereocenters. The van der Waals surface area contributed by atoms with E-state index in [0.29, 0.717) is 6.42 Å². The third kappa shape index (κ3) is 2.53. The second kappa shape index (κ2) is 5.74. The average molecular weight is 312 g/mol. The number of rotatable bonds is 3. The fraction of sp³-hybridized carbons (Fsp3) is 0.500. The van der Waals surface area contributed by atoms with Crippen LogP contribution in [-0.4, -0.2) is 24.5 Å². The molecule has 1 amide bonds. The van der Waals surface area contributed by atoms with Gasteiger partial charge in [0.05, 0.1) is 13.2 Å². The molecule has 18 heavy (non-hydrogen) atoms. The number of amides is 1. The minimum absolute atomic E-state index is 0.157. The Hall–Kier alpha value is -1.03. The summed E-state index contributed by atoms with van der Waals surface area (Å²) in [5.41, 5.74) is 1.10. The third-order valence-electron chi connectivity index (χ3n) is 3.43. The van der Waals surface area contributed by atoms with Crippen molar-refractivity contribution in [3.05, 3.63) is 28.2 Å². The summed E-state index contributed by atoms with van der Waals surface area (Å²) in [6.07, 6.45) is 2.64. The van der Waals surface area contributed by atoms with E-state index in [9.17, 15) is 4.79 Å². The summed E-state index contributed by atoms with van der Waals surface area (Å²) in [6.45, 7) is 2.77. The van der Waals surface area contributed by atoms with E-state index in [1.807, 2.05) is 24.0 Å². The second-order valence-corrected chi connectivity index (χ2v) is 5.40. The second-order valence-electron chi connectivity index (χ2n) is 4.48. The van der Waals surface area contributed by atoms with Crippen LogP contribution < -0.4 is 4.74 Å². The van der Waals surface area contributed by atoms with E-state index in [-0.39, 0.29) is 11.9 Å². The first-order chi connectivity index (χ1) is 8.67. The Balaban J connectivity index is 2.35. The predicted octanol–water partition coefficient (Wildman–Crippen LogP) is 3.53. The maximum Gasteiger partial charge on any atom is 0.222 e. The molecule has 0 spiro atoms. The van der Waals surface area contributed by atoms with Crippen molar-refractivity contribution in [2.24, 2.45) is 0 Å². The van der Waals surface area contributed by atoms with Crippen molar-refractivity contribution in [1.29, 1.82) is 0 Å². The Morgan fingerprint density at radius 2 is 2.33 bits per heavy atom. The Kier molecular flexibility index (Phi) is 4.27. The van der Waals surface area contributed by atoms with Crippen molar-refractivity contribution in [2.45, 2.75) is 32.2 Å². The first kappa shape index (κ1) is 13.4. The Labute approximate surface area is 116 Å². The molecule has 1 aliphatic heterocycles. The number of methoxy groups -OCH3 is 1. The van der Waals surface area contributed by atoms with Gasteiger partial charge in [-0.1, -0.05) is 22.9 Å². The minimum atomic E-state index is 0.157. The lowest BCUT2D eigenvalue weighted by molar-refractivity contribution is -0.131. The van der Waals surface area contributed by atoms with Crippen LogP contribution in [0.3, 0.4) is 0 Å². The van der Waals surface area contributed by atoms with Gasteiger partial charge in [0.25, 0.3) is 0 Å². The first-order valence-electron chi connectivity index (χ1n) is 6.30. The van der Waals surface area contributed by atoms with Crippen LogP contribution in [0.5, 0.6) is 5.75 Å². The highest BCUT2D eigenvalue weighted by Crippen LogP contribution is 2.38. The van der Waals surface area contributed by atoms with E-state index in [2.05, 4.69) is 22.0 Å². The van der Waals surface area contributed by atoms with Crippen LogP contribution in [0, 0.1) is 0 Å². The molecule has 0 aromatic heterocycles. The highest BCUT2D eigenvalue weighted by Gasteiger charge is 2.30. The number of carbonyl (C=O) groups excluding carboxylic acids is 1. The molecule has 3 nitrogen and oxygen atoms in total. The lowest BCUT2D eigenvalue weighted by Crippen LogP contribution is -2.29. The highest BCUT2D eigenvalue weighted by molar-refractivity contribution is 9.10. The summed E-state index contributed by atoms with van der Waals surface area (Å²) in [6, 6.07) is 6.13. The zero-order chi connectivity index (χ0) is 13.1. The van der Waals surface area contributed by atoms with Crippen LogP contribution in [0.25, 0.3) is 0 Å². The molecule has 1 saturated heterocycles. The van der Waals surface area contributed by atoms with Gasteiger partial charge in [0.1, 0.15) is 5.75 Å². The van der Waals surface area contributed by atoms with Crippen molar-refractivity contribution in [1.82, 2.24) is 4.90 Å². The van der Waals surface area contributed by atoms with Crippen LogP contribution in [0.1, 0.15) is 37.8 Å². The standard InChI is InChI=1S/C14H18BrNO2/c1-3-14(17)16-8-4-5-12(16)11-9-10(15)6-7-13(11)18-2/h6-7,9,12H,3-5,8H2,1-2H3/t12-/m0/s1. The Bertz CT molecular complexity index is 447. The summed E-state index contributed by atoms with van der Waals surface area (Å²) >= 11 is 3.49. The molecule has 98 valence electrons. The molecule has 1 aromatic rings. The molecule has 0 saturated carbocycles. The smallest absolute Gasteiger partial charge is 0.222 e. The molecule has 0 N–H and O–H groups in total. The van der Waals surface area contributed by atoms with E-state index in [0.717, 1.165) is 35.2 Å². The lowest BCUT2D eigenvalue weighted by Gasteiger charge is -2.26. The lowest BCUT2D eigenvalue weighted by atomic mass is 10.0. The fourth-order valence-corrected chi connectivity index (χ4v) is 2.94. The van der Waals surface area contributed by atoms with E-state index in [1.165, 1.54) is 0 Å². The summed E-state index contributed by atoms with van der Waals surface area (Å²) in [7, 11) is 1.67. The van der Waals surface area contributed by atoms with Gasteiger partial charge in [-0.15, -0.1) is 0 Å². The van der Waals surface area contributed by atoms with E-state index in [1.54, 1.807) is 7.11 Å². The fourth-order valence-electron chi connectivity index (χ4n) is 2.56. The van der Waals surface area contributed by atoms with Gasteiger partial charge in [0.2, 0.25) is 5.91 Å². The predicted molar refractivity (Wildman–Crippen MR) is 74.7 cm³/mol. The van der Waals surface area contributed by atoms with Gasteiger partial charge in [0, 0.05) is 23.0 Å². The van der Waals surface area contributed by atoms with Gasteiger partial charge in [-0.25, -0.2) is 0 Å².